The third-order valence-corrected chi connectivity index (χ3v) is 4.21. The first kappa shape index (κ1) is 28.6. The average Bonchev–Trinajstić information content (AvgIpc) is 2.67. The van der Waals surface area contributed by atoms with Gasteiger partial charge in [-0.3, -0.25) is 28.8 Å². The number of hydrogen-bond acceptors (Lipinski definition) is 9. The summed E-state index contributed by atoms with van der Waals surface area (Å²) in [6.45, 7) is 0. The SMILES string of the molecule is NC(CS)C(=O)NC(CCC(=O)O)C(=O)NC(CC(=O)O)C(=O)NC(CC(=O)O)C(=O)O. The Kier molecular flexibility index (Phi) is 12.3. The van der Waals surface area contributed by atoms with Crippen molar-refractivity contribution in [2.75, 3.05) is 5.75 Å². The fourth-order valence-corrected chi connectivity index (χ4v) is 2.37. The van der Waals surface area contributed by atoms with Crippen molar-refractivity contribution in [1.29, 1.82) is 0 Å². The third-order valence-electron chi connectivity index (χ3n) is 3.82. The first-order chi connectivity index (χ1) is 14.8. The molecule has 0 aliphatic carbocycles. The second-order valence-corrected chi connectivity index (χ2v) is 6.80. The number of nitrogens with one attached hydrogen (secondary N) is 3. The predicted octanol–water partition coefficient (Wildman–Crippen LogP) is -3.40. The van der Waals surface area contributed by atoms with Crippen LogP contribution in [0.2, 0.25) is 0 Å². The number of carboxylic acids is 4. The van der Waals surface area contributed by atoms with Crippen molar-refractivity contribution in [2.45, 2.75) is 49.9 Å². The lowest BCUT2D eigenvalue weighted by atomic mass is 10.1. The Bertz CT molecular complexity index is 760. The molecule has 0 saturated carbocycles. The molecule has 0 aliphatic rings. The topological polar surface area (TPSA) is 263 Å². The van der Waals surface area contributed by atoms with Crippen LogP contribution in [0.1, 0.15) is 25.7 Å². The second kappa shape index (κ2) is 13.8. The molecule has 180 valence electrons. The van der Waals surface area contributed by atoms with E-state index in [2.05, 4.69) is 17.9 Å². The molecule has 0 radical (unpaired) electrons. The summed E-state index contributed by atoms with van der Waals surface area (Å²) in [5, 5.41) is 41.5. The normalized spacial score (nSPS) is 14.2. The van der Waals surface area contributed by atoms with Crippen molar-refractivity contribution in [2.24, 2.45) is 5.73 Å². The average molecular weight is 480 g/mol. The molecule has 15 nitrogen and oxygen atoms in total. The molecular weight excluding hydrogens is 456 g/mol. The van der Waals surface area contributed by atoms with Crippen LogP contribution in [0.3, 0.4) is 0 Å². The van der Waals surface area contributed by atoms with Crippen LogP contribution in [0.4, 0.5) is 0 Å². The quantitative estimate of drug-likeness (QED) is 0.104. The van der Waals surface area contributed by atoms with Crippen molar-refractivity contribution in [3.63, 3.8) is 0 Å². The molecule has 0 bridgehead atoms. The van der Waals surface area contributed by atoms with Gasteiger partial charge in [0.1, 0.15) is 18.1 Å². The highest BCUT2D eigenvalue weighted by molar-refractivity contribution is 7.80. The Morgan fingerprint density at radius 3 is 1.56 bits per heavy atom. The molecule has 0 aromatic heterocycles. The van der Waals surface area contributed by atoms with Gasteiger partial charge in [-0.15, -0.1) is 0 Å². The molecule has 4 unspecified atom stereocenters. The Morgan fingerprint density at radius 2 is 1.12 bits per heavy atom. The molecule has 32 heavy (non-hydrogen) atoms. The van der Waals surface area contributed by atoms with Crippen molar-refractivity contribution < 1.29 is 54.0 Å². The fourth-order valence-electron chi connectivity index (χ4n) is 2.20. The van der Waals surface area contributed by atoms with Crippen LogP contribution in [-0.2, 0) is 33.6 Å². The molecule has 0 saturated heterocycles. The third kappa shape index (κ3) is 11.1. The summed E-state index contributed by atoms with van der Waals surface area (Å²) in [7, 11) is 0. The minimum Gasteiger partial charge on any atom is -0.481 e. The zero-order valence-corrected chi connectivity index (χ0v) is 17.4. The van der Waals surface area contributed by atoms with E-state index in [4.69, 9.17) is 26.2 Å². The molecular formula is C16H24N4O11S. The minimum atomic E-state index is -1.91. The Morgan fingerprint density at radius 1 is 0.688 bits per heavy atom. The van der Waals surface area contributed by atoms with Crippen LogP contribution in [0, 0.1) is 0 Å². The monoisotopic (exact) mass is 480 g/mol. The van der Waals surface area contributed by atoms with E-state index in [0.29, 0.717) is 0 Å². The number of carbonyl (C=O) groups is 7. The van der Waals surface area contributed by atoms with Crippen LogP contribution in [0.15, 0.2) is 0 Å². The second-order valence-electron chi connectivity index (χ2n) is 6.44. The number of nitrogens with two attached hydrogens (primary N) is 1. The van der Waals surface area contributed by atoms with E-state index in [0.717, 1.165) is 0 Å². The van der Waals surface area contributed by atoms with Gasteiger partial charge in [0.2, 0.25) is 17.7 Å². The lowest BCUT2D eigenvalue weighted by Crippen LogP contribution is -2.57. The zero-order valence-electron chi connectivity index (χ0n) is 16.5. The molecule has 3 amide bonds. The summed E-state index contributed by atoms with van der Waals surface area (Å²) < 4.78 is 0. The largest absolute Gasteiger partial charge is 0.481 e. The van der Waals surface area contributed by atoms with E-state index in [-0.39, 0.29) is 5.75 Å². The molecule has 16 heteroatoms. The summed E-state index contributed by atoms with van der Waals surface area (Å²) >= 11 is 3.82. The Balaban J connectivity index is 5.55. The first-order valence-electron chi connectivity index (χ1n) is 8.94. The van der Waals surface area contributed by atoms with E-state index in [9.17, 15) is 33.6 Å². The Labute approximate surface area is 186 Å². The maximum atomic E-state index is 12.5. The highest BCUT2D eigenvalue weighted by Crippen LogP contribution is 2.03. The van der Waals surface area contributed by atoms with Gasteiger partial charge in [-0.25, -0.2) is 4.79 Å². The maximum absolute atomic E-state index is 12.5. The van der Waals surface area contributed by atoms with Gasteiger partial charge in [-0.1, -0.05) is 0 Å². The molecule has 0 aromatic rings. The number of hydrogen-bond donors (Lipinski definition) is 9. The number of amides is 3. The molecule has 0 spiro atoms. The number of rotatable bonds is 15. The predicted molar refractivity (Wildman–Crippen MR) is 107 cm³/mol. The van der Waals surface area contributed by atoms with Gasteiger partial charge in [-0.05, 0) is 6.42 Å². The van der Waals surface area contributed by atoms with Gasteiger partial charge in [-0.2, -0.15) is 12.6 Å². The van der Waals surface area contributed by atoms with Crippen LogP contribution >= 0.6 is 12.6 Å². The van der Waals surface area contributed by atoms with E-state index in [1.807, 2.05) is 5.32 Å². The Hall–Kier alpha value is -3.40. The standard InChI is InChI=1S/C16H24N4O11S/c17-6(5-32)13(27)18-7(1-2-10(21)22)14(28)19-8(3-11(23)24)15(29)20-9(16(30)31)4-12(25)26/h6-9,32H,1-5,17H2,(H,18,27)(H,19,28)(H,20,29)(H,21,22)(H,23,24)(H,25,26)(H,30,31). The van der Waals surface area contributed by atoms with Crippen LogP contribution in [-0.4, -0.2) is 91.9 Å². The molecule has 0 fully saturated rings. The number of carboxylic acid groups (broad SMARTS) is 4. The lowest BCUT2D eigenvalue weighted by Gasteiger charge is -2.24. The molecule has 9 N–H and O–H groups in total. The molecule has 0 aliphatic heterocycles. The van der Waals surface area contributed by atoms with Crippen molar-refractivity contribution in [1.82, 2.24) is 16.0 Å². The van der Waals surface area contributed by atoms with E-state index >= 15 is 0 Å². The van der Waals surface area contributed by atoms with Gasteiger partial charge in [0, 0.05) is 12.2 Å². The molecule has 0 aromatic carbocycles. The fraction of sp³-hybridized carbons (Fsp3) is 0.562. The van der Waals surface area contributed by atoms with Crippen LogP contribution in [0.25, 0.3) is 0 Å². The van der Waals surface area contributed by atoms with E-state index in [1.165, 1.54) is 0 Å². The van der Waals surface area contributed by atoms with Crippen LogP contribution in [0.5, 0.6) is 0 Å². The lowest BCUT2D eigenvalue weighted by molar-refractivity contribution is -0.148. The van der Waals surface area contributed by atoms with E-state index in [1.54, 1.807) is 5.32 Å². The van der Waals surface area contributed by atoms with Gasteiger partial charge in [0.05, 0.1) is 18.9 Å². The number of carbonyl (C=O) groups excluding carboxylic acids is 3. The van der Waals surface area contributed by atoms with Gasteiger partial charge >= 0.3 is 23.9 Å². The smallest absolute Gasteiger partial charge is 0.326 e. The maximum Gasteiger partial charge on any atom is 0.326 e. The molecule has 0 rings (SSSR count). The highest BCUT2D eigenvalue weighted by Gasteiger charge is 2.32. The molecule has 0 heterocycles. The first-order valence-corrected chi connectivity index (χ1v) is 9.57. The summed E-state index contributed by atoms with van der Waals surface area (Å²) in [4.78, 5) is 80.5. The zero-order chi connectivity index (χ0) is 25.0. The van der Waals surface area contributed by atoms with Gasteiger partial charge < -0.3 is 42.1 Å². The van der Waals surface area contributed by atoms with Crippen molar-refractivity contribution in [3.05, 3.63) is 0 Å². The van der Waals surface area contributed by atoms with Crippen molar-refractivity contribution >= 4 is 54.2 Å². The number of thiol groups is 1. The summed E-state index contributed by atoms with van der Waals surface area (Å²) in [6.07, 6.45) is -3.06. The van der Waals surface area contributed by atoms with Gasteiger partial charge in [0.25, 0.3) is 0 Å². The highest BCUT2D eigenvalue weighted by atomic mass is 32.1. The van der Waals surface area contributed by atoms with Crippen molar-refractivity contribution in [3.8, 4) is 0 Å². The molecule has 4 atom stereocenters. The summed E-state index contributed by atoms with van der Waals surface area (Å²) in [5.41, 5.74) is 5.48. The minimum absolute atomic E-state index is 0.108. The number of aliphatic carboxylic acids is 4. The van der Waals surface area contributed by atoms with Gasteiger partial charge in [0.15, 0.2) is 0 Å². The summed E-state index contributed by atoms with van der Waals surface area (Å²) in [6, 6.07) is -6.45. The van der Waals surface area contributed by atoms with E-state index < -0.39 is 91.4 Å². The van der Waals surface area contributed by atoms with Crippen LogP contribution < -0.4 is 21.7 Å². The summed E-state index contributed by atoms with van der Waals surface area (Å²) in [5.74, 6) is -9.59.